The first-order valence-corrected chi connectivity index (χ1v) is 9.94. The van der Waals surface area contributed by atoms with Gasteiger partial charge in [-0.2, -0.15) is 0 Å². The summed E-state index contributed by atoms with van der Waals surface area (Å²) in [6.45, 7) is 4.89. The van der Waals surface area contributed by atoms with Crippen LogP contribution in [0.2, 0.25) is 5.02 Å². The Balaban J connectivity index is 1.48. The zero-order valence-corrected chi connectivity index (χ0v) is 16.2. The minimum absolute atomic E-state index is 0.0873. The van der Waals surface area contributed by atoms with E-state index >= 15 is 0 Å². The molecule has 1 N–H and O–H groups in total. The summed E-state index contributed by atoms with van der Waals surface area (Å²) >= 11 is 6.15. The van der Waals surface area contributed by atoms with E-state index in [1.54, 1.807) is 0 Å². The molecule has 0 aromatic heterocycles. The number of hydrogen-bond donors (Lipinski definition) is 1. The molecule has 0 spiro atoms. The topological polar surface area (TPSA) is 35.6 Å². The summed E-state index contributed by atoms with van der Waals surface area (Å²) in [5.74, 6) is 0.502. The van der Waals surface area contributed by atoms with Crippen LogP contribution in [0.25, 0.3) is 0 Å². The number of halogens is 1. The Morgan fingerprint density at radius 1 is 1.28 bits per heavy atom. The number of aryl methyl sites for hydroxylation is 1. The average molecular weight is 364 g/mol. The van der Waals surface area contributed by atoms with Gasteiger partial charge in [-0.1, -0.05) is 36.9 Å². The molecule has 5 heteroatoms. The highest BCUT2D eigenvalue weighted by Gasteiger charge is 2.26. The molecule has 25 heavy (non-hydrogen) atoms. The number of hydrogen-bond acceptors (Lipinski definition) is 2. The Morgan fingerprint density at radius 3 is 2.80 bits per heavy atom. The summed E-state index contributed by atoms with van der Waals surface area (Å²) in [6.07, 6.45) is 7.22. The van der Waals surface area contributed by atoms with Crippen LogP contribution < -0.4 is 10.2 Å². The van der Waals surface area contributed by atoms with E-state index in [1.807, 2.05) is 18.0 Å². The molecule has 1 heterocycles. The van der Waals surface area contributed by atoms with Crippen LogP contribution in [0, 0.1) is 12.8 Å². The van der Waals surface area contributed by atoms with Gasteiger partial charge in [-0.25, -0.2) is 4.79 Å². The predicted molar refractivity (Wildman–Crippen MR) is 105 cm³/mol. The van der Waals surface area contributed by atoms with Crippen molar-refractivity contribution >= 4 is 23.3 Å². The number of nitrogens with one attached hydrogen (secondary N) is 1. The Bertz CT molecular complexity index is 601. The Hall–Kier alpha value is -1.42. The summed E-state index contributed by atoms with van der Waals surface area (Å²) in [6, 6.07) is 6.57. The average Bonchev–Trinajstić information content (AvgIpc) is 3.10. The zero-order chi connectivity index (χ0) is 17.8. The van der Waals surface area contributed by atoms with E-state index in [4.69, 9.17) is 11.6 Å². The lowest BCUT2D eigenvalue weighted by Gasteiger charge is -2.31. The lowest BCUT2D eigenvalue weighted by atomic mass is 9.95. The number of carbonyl (C=O) groups excluding carboxylic acids is 1. The van der Waals surface area contributed by atoms with E-state index in [9.17, 15) is 4.79 Å². The van der Waals surface area contributed by atoms with Crippen LogP contribution >= 0.6 is 11.6 Å². The van der Waals surface area contributed by atoms with E-state index in [0.29, 0.717) is 12.0 Å². The number of nitrogens with zero attached hydrogens (tertiary/aromatic N) is 2. The molecule has 1 aromatic rings. The maximum absolute atomic E-state index is 12.4. The first-order valence-electron chi connectivity index (χ1n) is 9.56. The smallest absolute Gasteiger partial charge is 0.317 e. The zero-order valence-electron chi connectivity index (χ0n) is 15.4. The van der Waals surface area contributed by atoms with Gasteiger partial charge in [-0.05, 0) is 49.8 Å². The molecule has 2 aliphatic rings. The Kier molecular flexibility index (Phi) is 6.10. The van der Waals surface area contributed by atoms with Gasteiger partial charge in [0.2, 0.25) is 0 Å². The van der Waals surface area contributed by atoms with Crippen LogP contribution in [-0.4, -0.2) is 43.7 Å². The van der Waals surface area contributed by atoms with Crippen molar-refractivity contribution in [3.8, 4) is 0 Å². The fourth-order valence-electron chi connectivity index (χ4n) is 4.13. The van der Waals surface area contributed by atoms with Gasteiger partial charge < -0.3 is 15.1 Å². The van der Waals surface area contributed by atoms with Gasteiger partial charge in [0.25, 0.3) is 0 Å². The van der Waals surface area contributed by atoms with Crippen LogP contribution in [0.1, 0.15) is 44.1 Å². The van der Waals surface area contributed by atoms with Gasteiger partial charge in [0, 0.05) is 43.4 Å². The standard InChI is InChI=1S/C20H30ClN3O/c1-15-8-9-17(21)12-19(15)24-11-10-16(14-24)13-22-20(25)23(2)18-6-4-3-5-7-18/h8-9,12,16,18H,3-7,10-11,13-14H2,1-2H3,(H,22,25)/t16-/m0/s1. The minimum atomic E-state index is 0.0873. The number of benzene rings is 1. The molecular weight excluding hydrogens is 334 g/mol. The first-order chi connectivity index (χ1) is 12.0. The van der Waals surface area contributed by atoms with Gasteiger partial charge in [0.1, 0.15) is 0 Å². The first kappa shape index (κ1) is 18.4. The fraction of sp³-hybridized carbons (Fsp3) is 0.650. The van der Waals surface area contributed by atoms with Crippen molar-refractivity contribution in [3.63, 3.8) is 0 Å². The van der Waals surface area contributed by atoms with E-state index in [0.717, 1.165) is 43.9 Å². The van der Waals surface area contributed by atoms with Crippen molar-refractivity contribution in [2.45, 2.75) is 51.5 Å². The summed E-state index contributed by atoms with van der Waals surface area (Å²) in [7, 11) is 1.95. The van der Waals surface area contributed by atoms with E-state index in [-0.39, 0.29) is 6.03 Å². The summed E-state index contributed by atoms with van der Waals surface area (Å²) < 4.78 is 0. The normalized spacial score (nSPS) is 21.4. The molecule has 1 atom stereocenters. The van der Waals surface area contributed by atoms with Gasteiger partial charge in [0.15, 0.2) is 0 Å². The number of urea groups is 1. The molecule has 1 aliphatic carbocycles. The second-order valence-corrected chi connectivity index (χ2v) is 8.06. The summed E-state index contributed by atoms with van der Waals surface area (Å²) in [5, 5.41) is 3.94. The van der Waals surface area contributed by atoms with Crippen molar-refractivity contribution in [1.82, 2.24) is 10.2 Å². The van der Waals surface area contributed by atoms with Crippen LogP contribution in [0.15, 0.2) is 18.2 Å². The molecule has 4 nitrogen and oxygen atoms in total. The second kappa shape index (κ2) is 8.31. The number of rotatable bonds is 4. The van der Waals surface area contributed by atoms with E-state index in [2.05, 4.69) is 29.3 Å². The maximum atomic E-state index is 12.4. The molecule has 0 radical (unpaired) electrons. The highest BCUT2D eigenvalue weighted by molar-refractivity contribution is 6.30. The fourth-order valence-corrected chi connectivity index (χ4v) is 4.30. The highest BCUT2D eigenvalue weighted by Crippen LogP contribution is 2.29. The van der Waals surface area contributed by atoms with Gasteiger partial charge in [-0.3, -0.25) is 0 Å². The van der Waals surface area contributed by atoms with E-state index < -0.39 is 0 Å². The van der Waals surface area contributed by atoms with Crippen molar-refractivity contribution in [2.75, 3.05) is 31.6 Å². The van der Waals surface area contributed by atoms with Crippen LogP contribution in [-0.2, 0) is 0 Å². The molecule has 0 bridgehead atoms. The lowest BCUT2D eigenvalue weighted by molar-refractivity contribution is 0.172. The molecule has 2 amide bonds. The molecular formula is C20H30ClN3O. The third kappa shape index (κ3) is 4.60. The Labute approximate surface area is 156 Å². The van der Waals surface area contributed by atoms with Gasteiger partial charge >= 0.3 is 6.03 Å². The van der Waals surface area contributed by atoms with E-state index in [1.165, 1.54) is 30.5 Å². The largest absolute Gasteiger partial charge is 0.371 e. The molecule has 1 aliphatic heterocycles. The molecule has 1 saturated heterocycles. The molecule has 1 saturated carbocycles. The second-order valence-electron chi connectivity index (χ2n) is 7.62. The molecule has 0 unspecified atom stereocenters. The van der Waals surface area contributed by atoms with Gasteiger partial charge in [0.05, 0.1) is 0 Å². The van der Waals surface area contributed by atoms with Crippen molar-refractivity contribution < 1.29 is 4.79 Å². The van der Waals surface area contributed by atoms with Crippen LogP contribution in [0.5, 0.6) is 0 Å². The van der Waals surface area contributed by atoms with Crippen LogP contribution in [0.3, 0.4) is 0 Å². The Morgan fingerprint density at radius 2 is 2.04 bits per heavy atom. The number of amides is 2. The third-order valence-corrected chi connectivity index (χ3v) is 6.02. The summed E-state index contributed by atoms with van der Waals surface area (Å²) in [5.41, 5.74) is 2.48. The molecule has 3 rings (SSSR count). The van der Waals surface area contributed by atoms with Crippen LogP contribution in [0.4, 0.5) is 10.5 Å². The number of carbonyl (C=O) groups is 1. The lowest BCUT2D eigenvalue weighted by Crippen LogP contribution is -2.45. The van der Waals surface area contributed by atoms with Crippen molar-refractivity contribution in [2.24, 2.45) is 5.92 Å². The van der Waals surface area contributed by atoms with Crippen molar-refractivity contribution in [1.29, 1.82) is 0 Å². The van der Waals surface area contributed by atoms with Gasteiger partial charge in [-0.15, -0.1) is 0 Å². The minimum Gasteiger partial charge on any atom is -0.371 e. The third-order valence-electron chi connectivity index (χ3n) is 5.78. The highest BCUT2D eigenvalue weighted by atomic mass is 35.5. The quantitative estimate of drug-likeness (QED) is 0.857. The summed E-state index contributed by atoms with van der Waals surface area (Å²) in [4.78, 5) is 16.7. The number of anilines is 1. The molecule has 1 aromatic carbocycles. The maximum Gasteiger partial charge on any atom is 0.317 e. The molecule has 138 valence electrons. The van der Waals surface area contributed by atoms with Crippen molar-refractivity contribution in [3.05, 3.63) is 28.8 Å². The monoisotopic (exact) mass is 363 g/mol. The predicted octanol–water partition coefficient (Wildman–Crippen LogP) is 4.45. The SMILES string of the molecule is Cc1ccc(Cl)cc1N1CC[C@@H](CNC(=O)N(C)C2CCCCC2)C1. The molecule has 2 fully saturated rings.